The van der Waals surface area contributed by atoms with E-state index in [1.54, 1.807) is 12.1 Å². The molecule has 1 N–H and O–H groups in total. The van der Waals surface area contributed by atoms with Gasteiger partial charge in [0.25, 0.3) is 5.56 Å². The van der Waals surface area contributed by atoms with Crippen LogP contribution in [0.5, 0.6) is 0 Å². The Morgan fingerprint density at radius 3 is 2.43 bits per heavy atom. The molecule has 4 rings (SSSR count). The minimum atomic E-state index is -0.216. The Morgan fingerprint density at radius 2 is 1.62 bits per heavy atom. The highest BCUT2D eigenvalue weighted by Crippen LogP contribution is 2.21. The topological polar surface area (TPSA) is 50.2 Å². The first kappa shape index (κ1) is 11.9. The number of hydrogen-bond acceptors (Lipinski definition) is 3. The molecule has 0 fully saturated rings. The molecule has 0 amide bonds. The van der Waals surface area contributed by atoms with E-state index in [4.69, 9.17) is 0 Å². The smallest absolute Gasteiger partial charge is 0.278 e. The van der Waals surface area contributed by atoms with Crippen molar-refractivity contribution >= 4 is 27.4 Å². The average Bonchev–Trinajstić information content (AvgIpc) is 2.86. The molecule has 0 atom stereocenters. The Kier molecular flexibility index (Phi) is 2.42. The Morgan fingerprint density at radius 1 is 0.857 bits per heavy atom. The zero-order valence-corrected chi connectivity index (χ0v) is 11.1. The predicted molar refractivity (Wildman–Crippen MR) is 83.5 cm³/mol. The standard InChI is InChI=1S/C18H11NO2/c20-17(11-5-2-1-3-6-11)13-9-10-15-16-12(13)7-4-8-14(16)18(21)19-15/h1-10,20H. The van der Waals surface area contributed by atoms with E-state index in [-0.39, 0.29) is 11.3 Å². The first-order valence-corrected chi connectivity index (χ1v) is 6.69. The van der Waals surface area contributed by atoms with Crippen molar-refractivity contribution in [2.75, 3.05) is 0 Å². The predicted octanol–water partition coefficient (Wildman–Crippen LogP) is 2.62. The molecule has 0 aliphatic carbocycles. The van der Waals surface area contributed by atoms with Gasteiger partial charge in [-0.3, -0.25) is 4.79 Å². The molecule has 0 unspecified atom stereocenters. The van der Waals surface area contributed by atoms with Crippen LogP contribution in [0.1, 0.15) is 5.56 Å². The number of benzene rings is 3. The van der Waals surface area contributed by atoms with E-state index in [9.17, 15) is 9.90 Å². The summed E-state index contributed by atoms with van der Waals surface area (Å²) in [5.41, 5.74) is 1.21. The van der Waals surface area contributed by atoms with Crippen LogP contribution in [0.3, 0.4) is 0 Å². The van der Waals surface area contributed by atoms with Crippen molar-refractivity contribution in [2.24, 2.45) is 0 Å². The fraction of sp³-hybridized carbons (Fsp3) is 0. The van der Waals surface area contributed by atoms with Crippen molar-refractivity contribution in [3.63, 3.8) is 0 Å². The Bertz CT molecular complexity index is 1060. The molecule has 0 radical (unpaired) electrons. The summed E-state index contributed by atoms with van der Waals surface area (Å²) in [5, 5.41) is 13.5. The van der Waals surface area contributed by atoms with Crippen molar-refractivity contribution in [1.29, 1.82) is 0 Å². The summed E-state index contributed by atoms with van der Waals surface area (Å²) >= 11 is 0. The highest BCUT2D eigenvalue weighted by atomic mass is 16.3. The number of nitrogens with zero attached hydrogens (tertiary/aromatic N) is 1. The van der Waals surface area contributed by atoms with Crippen LogP contribution in [0.2, 0.25) is 0 Å². The van der Waals surface area contributed by atoms with Gasteiger partial charge in [0.1, 0.15) is 5.76 Å². The van der Waals surface area contributed by atoms with Crippen LogP contribution >= 0.6 is 0 Å². The SMILES string of the molecule is O=c1nc2ccc(=C(O)c3ccccc3)c3cccc1c23. The van der Waals surface area contributed by atoms with Gasteiger partial charge in [-0.25, -0.2) is 4.98 Å². The largest absolute Gasteiger partial charge is 0.507 e. The molecule has 3 nitrogen and oxygen atoms in total. The van der Waals surface area contributed by atoms with Gasteiger partial charge < -0.3 is 5.11 Å². The maximum absolute atomic E-state index is 11.9. The zero-order chi connectivity index (χ0) is 14.4. The third kappa shape index (κ3) is 1.68. The molecule has 0 bridgehead atoms. The molecule has 4 aromatic rings. The lowest BCUT2D eigenvalue weighted by Gasteiger charge is -2.03. The van der Waals surface area contributed by atoms with Gasteiger partial charge in [0.15, 0.2) is 0 Å². The summed E-state index contributed by atoms with van der Waals surface area (Å²) in [5.74, 6) is 0.207. The lowest BCUT2D eigenvalue weighted by atomic mass is 10.0. The van der Waals surface area contributed by atoms with E-state index >= 15 is 0 Å². The van der Waals surface area contributed by atoms with Crippen LogP contribution in [-0.2, 0) is 0 Å². The van der Waals surface area contributed by atoms with Crippen molar-refractivity contribution in [2.45, 2.75) is 0 Å². The van der Waals surface area contributed by atoms with Gasteiger partial charge in [-0.15, -0.1) is 0 Å². The van der Waals surface area contributed by atoms with Crippen LogP contribution in [0.4, 0.5) is 0 Å². The number of hydrogen-bond donors (Lipinski definition) is 1. The number of rotatable bonds is 1. The highest BCUT2D eigenvalue weighted by Gasteiger charge is 2.11. The summed E-state index contributed by atoms with van der Waals surface area (Å²) < 4.78 is 0. The van der Waals surface area contributed by atoms with Gasteiger partial charge in [0.05, 0.1) is 10.9 Å². The minimum absolute atomic E-state index is 0.207. The average molecular weight is 273 g/mol. The van der Waals surface area contributed by atoms with Crippen LogP contribution in [0, 0.1) is 0 Å². The third-order valence-corrected chi connectivity index (χ3v) is 3.77. The van der Waals surface area contributed by atoms with E-state index < -0.39 is 0 Å². The molecule has 3 aromatic carbocycles. The monoisotopic (exact) mass is 273 g/mol. The normalized spacial score (nSPS) is 13.0. The molecule has 1 aromatic heterocycles. The van der Waals surface area contributed by atoms with Gasteiger partial charge in [-0.2, -0.15) is 0 Å². The second-order valence-corrected chi connectivity index (χ2v) is 4.99. The maximum atomic E-state index is 11.9. The van der Waals surface area contributed by atoms with E-state index in [2.05, 4.69) is 4.98 Å². The van der Waals surface area contributed by atoms with Gasteiger partial charge in [-0.05, 0) is 23.6 Å². The first-order chi connectivity index (χ1) is 10.3. The molecule has 100 valence electrons. The highest BCUT2D eigenvalue weighted by molar-refractivity contribution is 6.09. The Balaban J connectivity index is 2.21. The molecule has 21 heavy (non-hydrogen) atoms. The summed E-state index contributed by atoms with van der Waals surface area (Å²) in [6.07, 6.45) is 0. The summed E-state index contributed by atoms with van der Waals surface area (Å²) in [7, 11) is 0. The van der Waals surface area contributed by atoms with Crippen LogP contribution in [-0.4, -0.2) is 10.1 Å². The van der Waals surface area contributed by atoms with Gasteiger partial charge >= 0.3 is 0 Å². The fourth-order valence-corrected chi connectivity index (χ4v) is 2.79. The minimum Gasteiger partial charge on any atom is -0.507 e. The van der Waals surface area contributed by atoms with Gasteiger partial charge in [-0.1, -0.05) is 42.5 Å². The molecule has 0 spiro atoms. The number of aromatic nitrogens is 1. The Labute approximate surface area is 120 Å². The molecule has 0 aliphatic heterocycles. The van der Waals surface area contributed by atoms with E-state index in [1.165, 1.54) is 0 Å². The van der Waals surface area contributed by atoms with Crippen molar-refractivity contribution in [3.05, 3.63) is 81.8 Å². The Hall–Kier alpha value is -2.94. The molecular formula is C18H11NO2. The van der Waals surface area contributed by atoms with Crippen LogP contribution < -0.4 is 10.8 Å². The second-order valence-electron chi connectivity index (χ2n) is 4.99. The quantitative estimate of drug-likeness (QED) is 0.580. The molecule has 0 saturated heterocycles. The summed E-state index contributed by atoms with van der Waals surface area (Å²) in [4.78, 5) is 15.9. The molecule has 3 heteroatoms. The van der Waals surface area contributed by atoms with Crippen molar-refractivity contribution in [3.8, 4) is 0 Å². The maximum Gasteiger partial charge on any atom is 0.278 e. The van der Waals surface area contributed by atoms with E-state index in [0.717, 1.165) is 16.3 Å². The lowest BCUT2D eigenvalue weighted by molar-refractivity contribution is 0.508. The van der Waals surface area contributed by atoms with Crippen molar-refractivity contribution in [1.82, 2.24) is 4.98 Å². The molecule has 0 saturated carbocycles. The number of aliphatic hydroxyl groups excluding tert-OH is 1. The summed E-state index contributed by atoms with van der Waals surface area (Å²) in [6.45, 7) is 0. The van der Waals surface area contributed by atoms with Crippen molar-refractivity contribution < 1.29 is 5.11 Å². The van der Waals surface area contributed by atoms with Gasteiger partial charge in [0, 0.05) is 16.2 Å². The van der Waals surface area contributed by atoms with E-state index in [0.29, 0.717) is 16.1 Å². The molecule has 1 heterocycles. The van der Waals surface area contributed by atoms with Crippen LogP contribution in [0.15, 0.2) is 65.5 Å². The number of aliphatic hydroxyl groups is 1. The molecular weight excluding hydrogens is 262 g/mol. The fourth-order valence-electron chi connectivity index (χ4n) is 2.79. The first-order valence-electron chi connectivity index (χ1n) is 6.69. The lowest BCUT2D eigenvalue weighted by Crippen LogP contribution is -2.08. The second kappa shape index (κ2) is 4.28. The summed E-state index contributed by atoms with van der Waals surface area (Å²) in [6, 6.07) is 18.5. The van der Waals surface area contributed by atoms with Gasteiger partial charge in [0.2, 0.25) is 0 Å². The molecule has 0 aliphatic rings. The van der Waals surface area contributed by atoms with Crippen LogP contribution in [0.25, 0.3) is 27.4 Å². The van der Waals surface area contributed by atoms with E-state index in [1.807, 2.05) is 48.5 Å². The zero-order valence-electron chi connectivity index (χ0n) is 11.1. The third-order valence-electron chi connectivity index (χ3n) is 3.77.